The molecule has 2 aliphatic rings. The summed E-state index contributed by atoms with van der Waals surface area (Å²) in [7, 11) is 0. The molecule has 0 radical (unpaired) electrons. The van der Waals surface area contributed by atoms with Crippen LogP contribution in [0, 0.1) is 5.92 Å². The first-order valence-corrected chi connectivity index (χ1v) is 11.5. The van der Waals surface area contributed by atoms with Gasteiger partial charge < -0.3 is 15.1 Å². The second kappa shape index (κ2) is 9.43. The highest BCUT2D eigenvalue weighted by Gasteiger charge is 2.37. The largest absolute Gasteiger partial charge is 0.340 e. The third kappa shape index (κ3) is 4.56. The predicted molar refractivity (Wildman–Crippen MR) is 117 cm³/mol. The first kappa shape index (κ1) is 20.6. The lowest BCUT2D eigenvalue weighted by Gasteiger charge is -2.40. The highest BCUT2D eigenvalue weighted by Crippen LogP contribution is 2.26. The Morgan fingerprint density at radius 2 is 1.77 bits per heavy atom. The maximum atomic E-state index is 13.4. The second-order valence-electron chi connectivity index (χ2n) is 7.97. The topological polar surface area (TPSA) is 69.7 Å². The van der Waals surface area contributed by atoms with E-state index in [9.17, 15) is 14.4 Å². The van der Waals surface area contributed by atoms with Gasteiger partial charge >= 0.3 is 0 Å². The Morgan fingerprint density at radius 3 is 2.53 bits per heavy atom. The Kier molecular flexibility index (Phi) is 6.47. The number of anilines is 1. The molecule has 1 aromatic carbocycles. The first-order chi connectivity index (χ1) is 14.6. The highest BCUT2D eigenvalue weighted by molar-refractivity contribution is 7.12. The Hall–Kier alpha value is -2.67. The predicted octanol–water partition coefficient (Wildman–Crippen LogP) is 3.62. The van der Waals surface area contributed by atoms with Crippen LogP contribution < -0.4 is 5.32 Å². The molecule has 158 valence electrons. The van der Waals surface area contributed by atoms with Crippen molar-refractivity contribution >= 4 is 34.7 Å². The van der Waals surface area contributed by atoms with Crippen molar-refractivity contribution in [3.05, 3.63) is 52.7 Å². The van der Waals surface area contributed by atoms with Gasteiger partial charge in [-0.05, 0) is 55.7 Å². The van der Waals surface area contributed by atoms with E-state index in [-0.39, 0.29) is 23.6 Å². The molecule has 0 aliphatic carbocycles. The summed E-state index contributed by atoms with van der Waals surface area (Å²) >= 11 is 1.41. The number of nitrogens with one attached hydrogen (secondary N) is 1. The lowest BCUT2D eigenvalue weighted by Crippen LogP contribution is -2.55. The van der Waals surface area contributed by atoms with Crippen LogP contribution in [0.3, 0.4) is 0 Å². The molecule has 2 atom stereocenters. The minimum Gasteiger partial charge on any atom is -0.340 e. The van der Waals surface area contributed by atoms with Crippen molar-refractivity contribution in [3.8, 4) is 0 Å². The quantitative estimate of drug-likeness (QED) is 0.813. The van der Waals surface area contributed by atoms with Crippen LogP contribution in [0.5, 0.6) is 0 Å². The zero-order valence-corrected chi connectivity index (χ0v) is 17.8. The van der Waals surface area contributed by atoms with Crippen molar-refractivity contribution in [1.29, 1.82) is 0 Å². The van der Waals surface area contributed by atoms with Gasteiger partial charge in [-0.2, -0.15) is 0 Å². The number of thiophene rings is 1. The van der Waals surface area contributed by atoms with Crippen molar-refractivity contribution in [2.75, 3.05) is 25.0 Å². The summed E-state index contributed by atoms with van der Waals surface area (Å²) in [5, 5.41) is 4.84. The molecule has 2 fully saturated rings. The summed E-state index contributed by atoms with van der Waals surface area (Å²) in [6, 6.07) is 12.6. The van der Waals surface area contributed by atoms with Crippen molar-refractivity contribution in [3.63, 3.8) is 0 Å². The van der Waals surface area contributed by atoms with Gasteiger partial charge in [0, 0.05) is 25.3 Å². The van der Waals surface area contributed by atoms with E-state index in [1.807, 2.05) is 47.8 Å². The number of hydrogen-bond donors (Lipinski definition) is 1. The fraction of sp³-hybridized carbons (Fsp3) is 0.435. The van der Waals surface area contributed by atoms with Gasteiger partial charge in [0.15, 0.2) is 0 Å². The Bertz CT molecular complexity index is 884. The van der Waals surface area contributed by atoms with Gasteiger partial charge in [-0.3, -0.25) is 14.4 Å². The molecule has 6 nitrogen and oxygen atoms in total. The maximum absolute atomic E-state index is 13.4. The van der Waals surface area contributed by atoms with Gasteiger partial charge in [0.1, 0.15) is 6.04 Å². The van der Waals surface area contributed by atoms with Crippen LogP contribution in [-0.2, 0) is 9.59 Å². The molecule has 1 N–H and O–H groups in total. The summed E-state index contributed by atoms with van der Waals surface area (Å²) in [5.74, 6) is -0.350. The van der Waals surface area contributed by atoms with E-state index in [0.717, 1.165) is 31.4 Å². The van der Waals surface area contributed by atoms with Crippen LogP contribution in [0.15, 0.2) is 47.8 Å². The smallest absolute Gasteiger partial charge is 0.264 e. The van der Waals surface area contributed by atoms with Crippen molar-refractivity contribution in [1.82, 2.24) is 9.80 Å². The first-order valence-electron chi connectivity index (χ1n) is 10.6. The standard InChI is InChI=1S/C23H27N3O3S/c27-21(24-18-9-2-1-3-10-18)17-8-6-13-25(16-17)22(28)19-11-4-5-14-26(19)23(29)20-12-7-15-30-20/h1-3,7,9-10,12,15,17,19H,4-6,8,11,13-14,16H2,(H,24,27). The summed E-state index contributed by atoms with van der Waals surface area (Å²) in [4.78, 5) is 43.2. The molecule has 3 heterocycles. The molecule has 2 unspecified atom stereocenters. The molecule has 1 aromatic heterocycles. The van der Waals surface area contributed by atoms with Crippen LogP contribution in [0.2, 0.25) is 0 Å². The van der Waals surface area contributed by atoms with Crippen molar-refractivity contribution in [2.45, 2.75) is 38.1 Å². The van der Waals surface area contributed by atoms with E-state index in [2.05, 4.69) is 5.32 Å². The average molecular weight is 426 g/mol. The number of carbonyl (C=O) groups is 3. The molecule has 4 rings (SSSR count). The van der Waals surface area contributed by atoms with E-state index in [4.69, 9.17) is 0 Å². The molecular formula is C23H27N3O3S. The van der Waals surface area contributed by atoms with E-state index in [1.165, 1.54) is 11.3 Å². The van der Waals surface area contributed by atoms with Crippen molar-refractivity contribution in [2.24, 2.45) is 5.92 Å². The number of benzene rings is 1. The van der Waals surface area contributed by atoms with Gasteiger partial charge in [0.05, 0.1) is 10.8 Å². The van der Waals surface area contributed by atoms with Gasteiger partial charge in [-0.15, -0.1) is 11.3 Å². The van der Waals surface area contributed by atoms with Crippen LogP contribution in [0.1, 0.15) is 41.8 Å². The number of hydrogen-bond acceptors (Lipinski definition) is 4. The molecule has 3 amide bonds. The zero-order valence-electron chi connectivity index (χ0n) is 17.0. The number of piperidine rings is 2. The Morgan fingerprint density at radius 1 is 0.933 bits per heavy atom. The third-order valence-corrected chi connectivity index (χ3v) is 6.78. The monoisotopic (exact) mass is 425 g/mol. The molecule has 2 aromatic rings. The SMILES string of the molecule is O=C(Nc1ccccc1)C1CCCN(C(=O)C2CCCCN2C(=O)c2cccs2)C1. The Balaban J connectivity index is 1.42. The van der Waals surface area contributed by atoms with E-state index < -0.39 is 6.04 Å². The van der Waals surface area contributed by atoms with Gasteiger partial charge in [-0.25, -0.2) is 0 Å². The van der Waals surface area contributed by atoms with Gasteiger partial charge in [0.25, 0.3) is 5.91 Å². The number of para-hydroxylation sites is 1. The fourth-order valence-corrected chi connectivity index (χ4v) is 5.02. The van der Waals surface area contributed by atoms with Crippen LogP contribution in [-0.4, -0.2) is 53.2 Å². The normalized spacial score (nSPS) is 21.9. The molecule has 0 bridgehead atoms. The summed E-state index contributed by atoms with van der Waals surface area (Å²) in [6.45, 7) is 1.67. The molecule has 2 saturated heterocycles. The van der Waals surface area contributed by atoms with Crippen LogP contribution in [0.4, 0.5) is 5.69 Å². The fourth-order valence-electron chi connectivity index (χ4n) is 4.34. The molecular weight excluding hydrogens is 398 g/mol. The summed E-state index contributed by atoms with van der Waals surface area (Å²) in [6.07, 6.45) is 4.11. The number of carbonyl (C=O) groups excluding carboxylic acids is 3. The lowest BCUT2D eigenvalue weighted by atomic mass is 9.94. The van der Waals surface area contributed by atoms with E-state index >= 15 is 0 Å². The summed E-state index contributed by atoms with van der Waals surface area (Å²) in [5.41, 5.74) is 0.769. The zero-order chi connectivity index (χ0) is 20.9. The minimum atomic E-state index is -0.427. The number of amides is 3. The number of rotatable bonds is 4. The van der Waals surface area contributed by atoms with Gasteiger partial charge in [-0.1, -0.05) is 24.3 Å². The molecule has 0 saturated carbocycles. The van der Waals surface area contributed by atoms with Crippen LogP contribution >= 0.6 is 11.3 Å². The lowest BCUT2D eigenvalue weighted by molar-refractivity contribution is -0.140. The Labute approximate surface area is 180 Å². The number of likely N-dealkylation sites (tertiary alicyclic amines) is 2. The average Bonchev–Trinajstić information content (AvgIpc) is 3.34. The third-order valence-electron chi connectivity index (χ3n) is 5.93. The van der Waals surface area contributed by atoms with E-state index in [0.29, 0.717) is 30.9 Å². The molecule has 2 aliphatic heterocycles. The van der Waals surface area contributed by atoms with Crippen LogP contribution in [0.25, 0.3) is 0 Å². The molecule has 7 heteroatoms. The molecule has 30 heavy (non-hydrogen) atoms. The maximum Gasteiger partial charge on any atom is 0.264 e. The highest BCUT2D eigenvalue weighted by atomic mass is 32.1. The van der Waals surface area contributed by atoms with E-state index in [1.54, 1.807) is 9.80 Å². The van der Waals surface area contributed by atoms with Crippen molar-refractivity contribution < 1.29 is 14.4 Å². The summed E-state index contributed by atoms with van der Waals surface area (Å²) < 4.78 is 0. The number of nitrogens with zero attached hydrogens (tertiary/aromatic N) is 2. The van der Waals surface area contributed by atoms with Gasteiger partial charge in [0.2, 0.25) is 11.8 Å². The minimum absolute atomic E-state index is 0.0168. The second-order valence-corrected chi connectivity index (χ2v) is 8.91. The molecule has 0 spiro atoms.